The van der Waals surface area contributed by atoms with E-state index in [1.165, 1.54) is 0 Å². The first-order valence-corrected chi connectivity index (χ1v) is 9.14. The fourth-order valence-electron chi connectivity index (χ4n) is 4.51. The molecule has 0 spiro atoms. The Labute approximate surface area is 155 Å². The lowest BCUT2D eigenvalue weighted by Gasteiger charge is -2.27. The third-order valence-corrected chi connectivity index (χ3v) is 6.05. The van der Waals surface area contributed by atoms with Gasteiger partial charge in [0, 0.05) is 27.6 Å². The van der Waals surface area contributed by atoms with Crippen LogP contribution in [0.1, 0.15) is 28.8 Å². The number of aromatic amines is 1. The number of fused-ring (bicyclic) bond motifs is 2. The molecule has 5 rings (SSSR count). The molecule has 26 heavy (non-hydrogen) atoms. The second kappa shape index (κ2) is 5.56. The molecule has 2 fully saturated rings. The van der Waals surface area contributed by atoms with Crippen molar-refractivity contribution in [2.45, 2.75) is 24.5 Å². The fraction of sp³-hybridized carbons (Fsp3) is 0.300. The standard InChI is InChI=1S/C20H18ClN3O2/c21-13-6-12-10-22-24-17(12)16(7-13)20(26)8-14-15(9-20)18(14)23-19(25)11-4-2-1-3-5-11/h1-7,10,14-15,18,26H,8-9H2,(H,22,24)(H,23,25)/t14-,15+,18-,20+. The number of nitrogens with one attached hydrogen (secondary N) is 2. The third-order valence-electron chi connectivity index (χ3n) is 5.83. The van der Waals surface area contributed by atoms with E-state index < -0.39 is 5.60 Å². The van der Waals surface area contributed by atoms with Crippen LogP contribution in [-0.2, 0) is 5.60 Å². The number of halogens is 1. The Morgan fingerprint density at radius 3 is 2.69 bits per heavy atom. The van der Waals surface area contributed by atoms with Crippen LogP contribution in [0.5, 0.6) is 0 Å². The van der Waals surface area contributed by atoms with Gasteiger partial charge >= 0.3 is 0 Å². The quantitative estimate of drug-likeness (QED) is 0.665. The maximum absolute atomic E-state index is 12.3. The van der Waals surface area contributed by atoms with E-state index in [4.69, 9.17) is 11.6 Å². The van der Waals surface area contributed by atoms with Gasteiger partial charge in [-0.15, -0.1) is 0 Å². The van der Waals surface area contributed by atoms with E-state index >= 15 is 0 Å². The number of amides is 1. The highest BCUT2D eigenvalue weighted by Crippen LogP contribution is 2.60. The van der Waals surface area contributed by atoms with Gasteiger partial charge in [0.1, 0.15) is 0 Å². The topological polar surface area (TPSA) is 78.0 Å². The molecule has 1 heterocycles. The van der Waals surface area contributed by atoms with Crippen molar-refractivity contribution in [3.8, 4) is 0 Å². The first kappa shape index (κ1) is 15.9. The Morgan fingerprint density at radius 2 is 1.96 bits per heavy atom. The molecule has 0 bridgehead atoms. The van der Waals surface area contributed by atoms with Gasteiger partial charge in [0.15, 0.2) is 0 Å². The maximum Gasteiger partial charge on any atom is 0.251 e. The van der Waals surface area contributed by atoms with Crippen LogP contribution < -0.4 is 5.32 Å². The molecule has 1 aromatic heterocycles. The molecule has 0 saturated heterocycles. The number of nitrogens with zero attached hydrogens (tertiary/aromatic N) is 1. The van der Waals surface area contributed by atoms with Gasteiger partial charge in [-0.2, -0.15) is 5.10 Å². The van der Waals surface area contributed by atoms with E-state index in [2.05, 4.69) is 15.5 Å². The molecule has 6 heteroatoms. The number of carbonyl (C=O) groups excluding carboxylic acids is 1. The van der Waals surface area contributed by atoms with Crippen LogP contribution in [-0.4, -0.2) is 27.3 Å². The number of benzene rings is 2. The summed E-state index contributed by atoms with van der Waals surface area (Å²) in [6.45, 7) is 0. The van der Waals surface area contributed by atoms with Crippen molar-refractivity contribution in [2.75, 3.05) is 0 Å². The highest BCUT2D eigenvalue weighted by Gasteiger charge is 2.62. The molecule has 2 aliphatic rings. The molecule has 132 valence electrons. The third kappa shape index (κ3) is 2.42. The minimum absolute atomic E-state index is 0.0488. The molecule has 2 saturated carbocycles. The molecule has 4 atom stereocenters. The lowest BCUT2D eigenvalue weighted by atomic mass is 9.87. The number of rotatable bonds is 3. The molecule has 3 N–H and O–H groups in total. The number of carbonyl (C=O) groups is 1. The highest BCUT2D eigenvalue weighted by atomic mass is 35.5. The average molecular weight is 368 g/mol. The van der Waals surface area contributed by atoms with Gasteiger partial charge < -0.3 is 10.4 Å². The summed E-state index contributed by atoms with van der Waals surface area (Å²) in [6, 6.07) is 13.0. The zero-order valence-electron chi connectivity index (χ0n) is 13.9. The predicted octanol–water partition coefficient (Wildman–Crippen LogP) is 3.24. The van der Waals surface area contributed by atoms with E-state index in [0.717, 1.165) is 16.5 Å². The maximum atomic E-state index is 12.3. The van der Waals surface area contributed by atoms with Gasteiger partial charge in [0.25, 0.3) is 5.91 Å². The molecule has 2 aromatic carbocycles. The second-order valence-electron chi connectivity index (χ2n) is 7.42. The molecule has 0 radical (unpaired) electrons. The van der Waals surface area contributed by atoms with Crippen LogP contribution in [0.15, 0.2) is 48.7 Å². The predicted molar refractivity (Wildman–Crippen MR) is 98.9 cm³/mol. The number of H-pyrrole nitrogens is 1. The van der Waals surface area contributed by atoms with Gasteiger partial charge in [0.05, 0.1) is 17.3 Å². The SMILES string of the molecule is O=C(N[C@@H]1[C@@H]2C[C@@](O)(c3cc(Cl)cc4cn[nH]c34)C[C@@H]21)c1ccccc1. The van der Waals surface area contributed by atoms with Crippen LogP contribution in [0.4, 0.5) is 0 Å². The van der Waals surface area contributed by atoms with E-state index in [1.54, 1.807) is 6.20 Å². The molecular formula is C20H18ClN3O2. The molecule has 0 aliphatic heterocycles. The number of aromatic nitrogens is 2. The van der Waals surface area contributed by atoms with E-state index in [0.29, 0.717) is 35.3 Å². The van der Waals surface area contributed by atoms with Crippen molar-refractivity contribution >= 4 is 28.4 Å². The minimum Gasteiger partial charge on any atom is -0.385 e. The Morgan fingerprint density at radius 1 is 1.23 bits per heavy atom. The van der Waals surface area contributed by atoms with E-state index in [1.807, 2.05) is 42.5 Å². The van der Waals surface area contributed by atoms with Crippen molar-refractivity contribution in [3.63, 3.8) is 0 Å². The number of hydrogen-bond donors (Lipinski definition) is 3. The van der Waals surface area contributed by atoms with Crippen molar-refractivity contribution < 1.29 is 9.90 Å². The largest absolute Gasteiger partial charge is 0.385 e. The van der Waals surface area contributed by atoms with Crippen molar-refractivity contribution in [2.24, 2.45) is 11.8 Å². The summed E-state index contributed by atoms with van der Waals surface area (Å²) in [6.07, 6.45) is 2.95. The summed E-state index contributed by atoms with van der Waals surface area (Å²) in [5.41, 5.74) is 1.38. The molecule has 1 amide bonds. The van der Waals surface area contributed by atoms with Crippen LogP contribution in [0.3, 0.4) is 0 Å². The normalized spacial score (nSPS) is 29.5. The van der Waals surface area contributed by atoms with E-state index in [-0.39, 0.29) is 11.9 Å². The monoisotopic (exact) mass is 367 g/mol. The highest BCUT2D eigenvalue weighted by molar-refractivity contribution is 6.31. The first-order chi connectivity index (χ1) is 12.5. The molecule has 3 aromatic rings. The van der Waals surface area contributed by atoms with Crippen molar-refractivity contribution in [1.29, 1.82) is 0 Å². The van der Waals surface area contributed by atoms with Gasteiger partial charge in [0.2, 0.25) is 0 Å². The first-order valence-electron chi connectivity index (χ1n) is 8.76. The van der Waals surface area contributed by atoms with Crippen LogP contribution in [0, 0.1) is 11.8 Å². The number of hydrogen-bond acceptors (Lipinski definition) is 3. The Bertz CT molecular complexity index is 989. The summed E-state index contributed by atoms with van der Waals surface area (Å²) < 4.78 is 0. The number of aliphatic hydroxyl groups is 1. The zero-order chi connectivity index (χ0) is 17.9. The minimum atomic E-state index is -0.932. The van der Waals surface area contributed by atoms with Gasteiger partial charge in [-0.25, -0.2) is 0 Å². The second-order valence-corrected chi connectivity index (χ2v) is 7.86. The lowest BCUT2D eigenvalue weighted by molar-refractivity contribution is 0.0291. The molecule has 0 unspecified atom stereocenters. The zero-order valence-corrected chi connectivity index (χ0v) is 14.7. The van der Waals surface area contributed by atoms with Crippen molar-refractivity contribution in [1.82, 2.24) is 15.5 Å². The lowest BCUT2D eigenvalue weighted by Crippen LogP contribution is -2.33. The summed E-state index contributed by atoms with van der Waals surface area (Å²) >= 11 is 6.22. The van der Waals surface area contributed by atoms with Gasteiger partial charge in [-0.3, -0.25) is 9.89 Å². The summed E-state index contributed by atoms with van der Waals surface area (Å²) in [7, 11) is 0. The molecule has 2 aliphatic carbocycles. The smallest absolute Gasteiger partial charge is 0.251 e. The van der Waals surface area contributed by atoms with Gasteiger partial charge in [-0.05, 0) is 48.9 Å². The summed E-state index contributed by atoms with van der Waals surface area (Å²) in [5, 5.41) is 22.9. The van der Waals surface area contributed by atoms with Crippen LogP contribution >= 0.6 is 11.6 Å². The van der Waals surface area contributed by atoms with Crippen molar-refractivity contribution in [3.05, 3.63) is 64.8 Å². The summed E-state index contributed by atoms with van der Waals surface area (Å²) in [4.78, 5) is 12.3. The van der Waals surface area contributed by atoms with Crippen LogP contribution in [0.2, 0.25) is 5.02 Å². The summed E-state index contributed by atoms with van der Waals surface area (Å²) in [5.74, 6) is 0.543. The van der Waals surface area contributed by atoms with Gasteiger partial charge in [-0.1, -0.05) is 29.8 Å². The molecule has 5 nitrogen and oxygen atoms in total. The fourth-order valence-corrected chi connectivity index (χ4v) is 4.74. The average Bonchev–Trinajstić information content (AvgIpc) is 3.01. The van der Waals surface area contributed by atoms with E-state index in [9.17, 15) is 9.90 Å². The Balaban J connectivity index is 1.34. The van der Waals surface area contributed by atoms with Crippen LogP contribution in [0.25, 0.3) is 10.9 Å². The molecular weight excluding hydrogens is 350 g/mol. The Hall–Kier alpha value is -2.37. The Kier molecular flexibility index (Phi) is 3.39.